The molecule has 1 saturated carbocycles. The molecular weight excluding hydrogens is 198 g/mol. The summed E-state index contributed by atoms with van der Waals surface area (Å²) in [5, 5.41) is 3.52. The van der Waals surface area contributed by atoms with Gasteiger partial charge in [-0.05, 0) is 30.9 Å². The van der Waals surface area contributed by atoms with Crippen molar-refractivity contribution in [1.82, 2.24) is 5.32 Å². The minimum absolute atomic E-state index is 0.292. The Kier molecular flexibility index (Phi) is 2.52. The number of carbonyl (C=O) groups is 1. The maximum atomic E-state index is 11.8. The van der Waals surface area contributed by atoms with Crippen LogP contribution in [0.15, 0.2) is 30.3 Å². The van der Waals surface area contributed by atoms with Gasteiger partial charge >= 0.3 is 0 Å². The van der Waals surface area contributed by atoms with Crippen LogP contribution < -0.4 is 5.32 Å². The Balaban J connectivity index is 1.74. The van der Waals surface area contributed by atoms with Crippen molar-refractivity contribution >= 4 is 5.78 Å². The first-order valence-corrected chi connectivity index (χ1v) is 6.14. The summed E-state index contributed by atoms with van der Waals surface area (Å²) in [6.45, 7) is 1.04. The third kappa shape index (κ3) is 1.67. The Morgan fingerprint density at radius 1 is 1.25 bits per heavy atom. The Bertz CT molecular complexity index is 387. The van der Waals surface area contributed by atoms with Gasteiger partial charge in [-0.15, -0.1) is 0 Å². The second-order valence-electron chi connectivity index (χ2n) is 5.00. The zero-order valence-corrected chi connectivity index (χ0v) is 9.36. The fourth-order valence-electron chi connectivity index (χ4n) is 3.22. The van der Waals surface area contributed by atoms with Gasteiger partial charge in [0.15, 0.2) is 0 Å². The summed E-state index contributed by atoms with van der Waals surface area (Å²) in [5.74, 6) is 1.39. The number of carbonyl (C=O) groups excluding carboxylic acids is 1. The molecule has 2 aliphatic rings. The third-order valence-corrected chi connectivity index (χ3v) is 4.02. The lowest BCUT2D eigenvalue weighted by atomic mass is 9.89. The average Bonchev–Trinajstić information content (AvgIpc) is 2.86. The van der Waals surface area contributed by atoms with Crippen LogP contribution in [-0.2, 0) is 11.2 Å². The van der Waals surface area contributed by atoms with Gasteiger partial charge in [-0.3, -0.25) is 4.79 Å². The zero-order valence-electron chi connectivity index (χ0n) is 9.36. The van der Waals surface area contributed by atoms with Gasteiger partial charge in [0.1, 0.15) is 5.78 Å². The van der Waals surface area contributed by atoms with Gasteiger partial charge in [0.05, 0.1) is 0 Å². The van der Waals surface area contributed by atoms with E-state index in [9.17, 15) is 4.79 Å². The number of fused-ring (bicyclic) bond motifs is 1. The Labute approximate surface area is 96.1 Å². The molecule has 0 bridgehead atoms. The molecule has 1 N–H and O–H groups in total. The molecule has 3 rings (SSSR count). The first-order chi connectivity index (χ1) is 7.84. The van der Waals surface area contributed by atoms with E-state index in [-0.39, 0.29) is 0 Å². The van der Waals surface area contributed by atoms with Crippen molar-refractivity contribution in [3.63, 3.8) is 0 Å². The smallest absolute Gasteiger partial charge is 0.137 e. The highest BCUT2D eigenvalue weighted by molar-refractivity contribution is 5.84. The molecule has 0 amide bonds. The summed E-state index contributed by atoms with van der Waals surface area (Å²) in [6.07, 6.45) is 2.90. The van der Waals surface area contributed by atoms with Crippen LogP contribution in [0, 0.1) is 11.8 Å². The fourth-order valence-corrected chi connectivity index (χ4v) is 3.22. The van der Waals surface area contributed by atoms with Crippen LogP contribution >= 0.6 is 0 Å². The van der Waals surface area contributed by atoms with Crippen molar-refractivity contribution in [2.75, 3.05) is 6.54 Å². The Morgan fingerprint density at radius 2 is 2.06 bits per heavy atom. The molecule has 3 atom stereocenters. The number of nitrogens with one attached hydrogen (secondary N) is 1. The van der Waals surface area contributed by atoms with E-state index in [0.29, 0.717) is 23.7 Å². The van der Waals surface area contributed by atoms with E-state index in [1.165, 1.54) is 5.56 Å². The lowest BCUT2D eigenvalue weighted by Crippen LogP contribution is -2.32. The van der Waals surface area contributed by atoms with Gasteiger partial charge in [0, 0.05) is 18.4 Å². The molecule has 2 nitrogen and oxygen atoms in total. The minimum atomic E-state index is 0.292. The van der Waals surface area contributed by atoms with Crippen LogP contribution in [0.25, 0.3) is 0 Å². The van der Waals surface area contributed by atoms with Gasteiger partial charge in [0.2, 0.25) is 0 Å². The van der Waals surface area contributed by atoms with Crippen molar-refractivity contribution in [3.05, 3.63) is 35.9 Å². The highest BCUT2D eigenvalue weighted by Crippen LogP contribution is 2.36. The molecule has 1 saturated heterocycles. The van der Waals surface area contributed by atoms with E-state index in [2.05, 4.69) is 29.6 Å². The summed E-state index contributed by atoms with van der Waals surface area (Å²) >= 11 is 0. The number of benzene rings is 1. The zero-order chi connectivity index (χ0) is 11.0. The molecular formula is C14H17NO. The number of ketones is 1. The maximum absolute atomic E-state index is 11.8. The second kappa shape index (κ2) is 4.02. The van der Waals surface area contributed by atoms with Gasteiger partial charge < -0.3 is 5.32 Å². The summed E-state index contributed by atoms with van der Waals surface area (Å²) in [6, 6.07) is 10.8. The average molecular weight is 215 g/mol. The van der Waals surface area contributed by atoms with Crippen LogP contribution in [0.4, 0.5) is 0 Å². The van der Waals surface area contributed by atoms with Crippen LogP contribution in [-0.4, -0.2) is 18.4 Å². The highest BCUT2D eigenvalue weighted by Gasteiger charge is 2.44. The quantitative estimate of drug-likeness (QED) is 0.815. The minimum Gasteiger partial charge on any atom is -0.313 e. The molecule has 1 aliphatic heterocycles. The fraction of sp³-hybridized carbons (Fsp3) is 0.500. The van der Waals surface area contributed by atoms with E-state index >= 15 is 0 Å². The molecule has 0 aromatic heterocycles. The molecule has 1 aliphatic carbocycles. The van der Waals surface area contributed by atoms with Gasteiger partial charge in [-0.1, -0.05) is 30.3 Å². The summed E-state index contributed by atoms with van der Waals surface area (Å²) in [4.78, 5) is 11.8. The second-order valence-corrected chi connectivity index (χ2v) is 5.00. The normalized spacial score (nSPS) is 33.0. The van der Waals surface area contributed by atoms with Crippen molar-refractivity contribution in [2.45, 2.75) is 25.3 Å². The largest absolute Gasteiger partial charge is 0.313 e. The number of hydrogen-bond donors (Lipinski definition) is 1. The summed E-state index contributed by atoms with van der Waals surface area (Å²) in [7, 11) is 0. The third-order valence-electron chi connectivity index (χ3n) is 4.02. The molecule has 1 aromatic carbocycles. The molecule has 0 radical (unpaired) electrons. The van der Waals surface area contributed by atoms with E-state index in [1.807, 2.05) is 6.07 Å². The Hall–Kier alpha value is -1.15. The predicted octanol–water partition coefficient (Wildman–Crippen LogP) is 1.80. The lowest BCUT2D eigenvalue weighted by Gasteiger charge is -2.17. The molecule has 16 heavy (non-hydrogen) atoms. The SMILES string of the molecule is O=C1CCC2CNC(Cc3ccccc3)C12. The molecule has 1 heterocycles. The summed E-state index contributed by atoms with van der Waals surface area (Å²) < 4.78 is 0. The van der Waals surface area contributed by atoms with Crippen molar-refractivity contribution in [1.29, 1.82) is 0 Å². The maximum Gasteiger partial charge on any atom is 0.137 e. The van der Waals surface area contributed by atoms with E-state index in [4.69, 9.17) is 0 Å². The molecule has 2 fully saturated rings. The number of rotatable bonds is 2. The van der Waals surface area contributed by atoms with E-state index in [0.717, 1.165) is 25.8 Å². The first kappa shape index (κ1) is 10.0. The van der Waals surface area contributed by atoms with Crippen molar-refractivity contribution < 1.29 is 4.79 Å². The number of Topliss-reactive ketones (excluding diaryl/α,β-unsaturated/α-hetero) is 1. The standard InChI is InChI=1S/C14H17NO/c16-13-7-6-11-9-15-12(14(11)13)8-10-4-2-1-3-5-10/h1-5,11-12,14-15H,6-9H2. The van der Waals surface area contributed by atoms with Crippen LogP contribution in [0.3, 0.4) is 0 Å². The highest BCUT2D eigenvalue weighted by atomic mass is 16.1. The van der Waals surface area contributed by atoms with Crippen LogP contribution in [0.2, 0.25) is 0 Å². The molecule has 84 valence electrons. The molecule has 0 spiro atoms. The van der Waals surface area contributed by atoms with Crippen molar-refractivity contribution in [2.24, 2.45) is 11.8 Å². The Morgan fingerprint density at radius 3 is 2.88 bits per heavy atom. The lowest BCUT2D eigenvalue weighted by molar-refractivity contribution is -0.121. The monoisotopic (exact) mass is 215 g/mol. The first-order valence-electron chi connectivity index (χ1n) is 6.14. The van der Waals surface area contributed by atoms with Gasteiger partial charge in [0.25, 0.3) is 0 Å². The molecule has 1 aromatic rings. The predicted molar refractivity (Wildman–Crippen MR) is 63.2 cm³/mol. The van der Waals surface area contributed by atoms with Crippen LogP contribution in [0.5, 0.6) is 0 Å². The number of hydrogen-bond acceptors (Lipinski definition) is 2. The van der Waals surface area contributed by atoms with Gasteiger partial charge in [-0.2, -0.15) is 0 Å². The van der Waals surface area contributed by atoms with E-state index < -0.39 is 0 Å². The van der Waals surface area contributed by atoms with Gasteiger partial charge in [-0.25, -0.2) is 0 Å². The summed E-state index contributed by atoms with van der Waals surface area (Å²) in [5.41, 5.74) is 1.33. The van der Waals surface area contributed by atoms with Crippen LogP contribution in [0.1, 0.15) is 18.4 Å². The van der Waals surface area contributed by atoms with Crippen molar-refractivity contribution in [3.8, 4) is 0 Å². The topological polar surface area (TPSA) is 29.1 Å². The van der Waals surface area contributed by atoms with E-state index in [1.54, 1.807) is 0 Å². The molecule has 3 unspecified atom stereocenters. The molecule has 2 heteroatoms.